The van der Waals surface area contributed by atoms with Crippen molar-refractivity contribution in [3.05, 3.63) is 72.8 Å². The molecule has 0 aliphatic heterocycles. The number of rotatable bonds is 6. The minimum Gasteiger partial charge on any atom is -0.507 e. The molecule has 25 heavy (non-hydrogen) atoms. The number of aliphatic hydroxyl groups is 2. The summed E-state index contributed by atoms with van der Waals surface area (Å²) in [7, 11) is 0. The van der Waals surface area contributed by atoms with E-state index in [4.69, 9.17) is 5.11 Å². The van der Waals surface area contributed by atoms with Gasteiger partial charge in [0, 0.05) is 23.4 Å². The van der Waals surface area contributed by atoms with Crippen molar-refractivity contribution in [2.75, 3.05) is 18.5 Å². The molecule has 0 aromatic heterocycles. The molecule has 3 aromatic carbocycles. The van der Waals surface area contributed by atoms with E-state index in [-0.39, 0.29) is 18.9 Å². The standard InChI is InChI=1S/C21H21NO3/c23-14-18(24)13-22-17-11-19(15-7-3-1-4-8-15)21(25)20(12-17)16-9-5-2-6-10-16/h1-12,18,22-25H,13-14H2. The third-order valence-corrected chi connectivity index (χ3v) is 4.03. The fourth-order valence-corrected chi connectivity index (χ4v) is 2.71. The number of phenols is 1. The zero-order valence-electron chi connectivity index (χ0n) is 13.8. The number of aliphatic hydroxyl groups excluding tert-OH is 2. The molecular weight excluding hydrogens is 314 g/mol. The van der Waals surface area contributed by atoms with Crippen LogP contribution in [-0.2, 0) is 0 Å². The fraction of sp³-hybridized carbons (Fsp3) is 0.143. The molecule has 0 bridgehead atoms. The molecule has 3 aromatic rings. The van der Waals surface area contributed by atoms with Gasteiger partial charge in [-0.2, -0.15) is 0 Å². The average molecular weight is 335 g/mol. The van der Waals surface area contributed by atoms with Gasteiger partial charge in [-0.25, -0.2) is 0 Å². The van der Waals surface area contributed by atoms with E-state index in [1.54, 1.807) is 0 Å². The molecule has 1 unspecified atom stereocenters. The highest BCUT2D eigenvalue weighted by molar-refractivity contribution is 5.85. The Balaban J connectivity index is 2.08. The summed E-state index contributed by atoms with van der Waals surface area (Å²) >= 11 is 0. The highest BCUT2D eigenvalue weighted by Gasteiger charge is 2.14. The first kappa shape index (κ1) is 17.0. The van der Waals surface area contributed by atoms with Gasteiger partial charge in [0.2, 0.25) is 0 Å². The second-order valence-electron chi connectivity index (χ2n) is 5.87. The molecule has 3 rings (SSSR count). The minimum absolute atomic E-state index is 0.214. The third-order valence-electron chi connectivity index (χ3n) is 4.03. The van der Waals surface area contributed by atoms with Crippen molar-refractivity contribution in [1.82, 2.24) is 0 Å². The van der Waals surface area contributed by atoms with E-state index in [1.165, 1.54) is 0 Å². The van der Waals surface area contributed by atoms with Crippen molar-refractivity contribution >= 4 is 5.69 Å². The molecule has 4 N–H and O–H groups in total. The Labute approximate surface area is 147 Å². The lowest BCUT2D eigenvalue weighted by Gasteiger charge is -2.16. The summed E-state index contributed by atoms with van der Waals surface area (Å²) in [6.45, 7) is -0.0775. The summed E-state index contributed by atoms with van der Waals surface area (Å²) in [6, 6.07) is 23.0. The number of hydrogen-bond acceptors (Lipinski definition) is 4. The van der Waals surface area contributed by atoms with E-state index in [1.807, 2.05) is 72.8 Å². The van der Waals surface area contributed by atoms with Crippen LogP contribution < -0.4 is 5.32 Å². The van der Waals surface area contributed by atoms with Gasteiger partial charge in [-0.3, -0.25) is 0 Å². The molecule has 0 amide bonds. The molecule has 128 valence electrons. The molecule has 0 fully saturated rings. The van der Waals surface area contributed by atoms with Gasteiger partial charge in [0.15, 0.2) is 0 Å². The Morgan fingerprint density at radius 2 is 1.28 bits per heavy atom. The molecule has 1 atom stereocenters. The van der Waals surface area contributed by atoms with Gasteiger partial charge < -0.3 is 20.6 Å². The van der Waals surface area contributed by atoms with Crippen LogP contribution in [0.15, 0.2) is 72.8 Å². The Bertz CT molecular complexity index is 759. The summed E-state index contributed by atoms with van der Waals surface area (Å²) in [5.41, 5.74) is 4.00. The van der Waals surface area contributed by atoms with E-state index in [0.29, 0.717) is 11.1 Å². The molecule has 0 aliphatic carbocycles. The van der Waals surface area contributed by atoms with Crippen LogP contribution in [0.2, 0.25) is 0 Å². The summed E-state index contributed by atoms with van der Waals surface area (Å²) in [4.78, 5) is 0. The molecule has 0 radical (unpaired) electrons. The largest absolute Gasteiger partial charge is 0.507 e. The van der Waals surface area contributed by atoms with E-state index in [0.717, 1.165) is 16.8 Å². The van der Waals surface area contributed by atoms with Crippen molar-refractivity contribution in [3.8, 4) is 28.0 Å². The molecule has 0 spiro atoms. The van der Waals surface area contributed by atoms with Crippen molar-refractivity contribution in [2.24, 2.45) is 0 Å². The van der Waals surface area contributed by atoms with Crippen molar-refractivity contribution in [1.29, 1.82) is 0 Å². The second-order valence-corrected chi connectivity index (χ2v) is 5.87. The van der Waals surface area contributed by atoms with E-state index in [2.05, 4.69) is 5.32 Å². The Morgan fingerprint density at radius 1 is 0.800 bits per heavy atom. The van der Waals surface area contributed by atoms with Crippen LogP contribution in [0.4, 0.5) is 5.69 Å². The van der Waals surface area contributed by atoms with Gasteiger partial charge in [-0.15, -0.1) is 0 Å². The predicted molar refractivity (Wildman–Crippen MR) is 101 cm³/mol. The quantitative estimate of drug-likeness (QED) is 0.520. The zero-order valence-corrected chi connectivity index (χ0v) is 13.8. The van der Waals surface area contributed by atoms with Gasteiger partial charge >= 0.3 is 0 Å². The number of hydrogen-bond donors (Lipinski definition) is 4. The van der Waals surface area contributed by atoms with Crippen LogP contribution in [0.3, 0.4) is 0 Å². The van der Waals surface area contributed by atoms with Gasteiger partial charge in [0.05, 0.1) is 12.7 Å². The highest BCUT2D eigenvalue weighted by Crippen LogP contribution is 2.40. The first-order valence-electron chi connectivity index (χ1n) is 8.19. The molecule has 0 aliphatic rings. The van der Waals surface area contributed by atoms with E-state index >= 15 is 0 Å². The molecule has 0 saturated heterocycles. The minimum atomic E-state index is -0.839. The zero-order chi connectivity index (χ0) is 17.6. The SMILES string of the molecule is OCC(O)CNc1cc(-c2ccccc2)c(O)c(-c2ccccc2)c1. The Morgan fingerprint density at radius 3 is 1.72 bits per heavy atom. The maximum absolute atomic E-state index is 10.8. The number of nitrogens with one attached hydrogen (secondary N) is 1. The van der Waals surface area contributed by atoms with Crippen LogP contribution in [0.1, 0.15) is 0 Å². The van der Waals surface area contributed by atoms with E-state index in [9.17, 15) is 10.2 Å². The second kappa shape index (κ2) is 7.83. The first-order chi connectivity index (χ1) is 12.2. The van der Waals surface area contributed by atoms with Crippen LogP contribution in [-0.4, -0.2) is 34.6 Å². The normalized spacial score (nSPS) is 11.9. The smallest absolute Gasteiger partial charge is 0.131 e. The van der Waals surface area contributed by atoms with Crippen molar-refractivity contribution < 1.29 is 15.3 Å². The molecular formula is C21H21NO3. The van der Waals surface area contributed by atoms with Crippen molar-refractivity contribution in [3.63, 3.8) is 0 Å². The van der Waals surface area contributed by atoms with Gasteiger partial charge in [-0.05, 0) is 23.3 Å². The molecule has 0 saturated carbocycles. The lowest BCUT2D eigenvalue weighted by Crippen LogP contribution is -2.22. The topological polar surface area (TPSA) is 72.7 Å². The molecule has 4 nitrogen and oxygen atoms in total. The monoisotopic (exact) mass is 335 g/mol. The highest BCUT2D eigenvalue weighted by atomic mass is 16.3. The summed E-state index contributed by atoms with van der Waals surface area (Å²) in [5, 5.41) is 32.5. The Hall–Kier alpha value is -2.82. The van der Waals surface area contributed by atoms with Gasteiger partial charge in [0.1, 0.15) is 5.75 Å². The maximum Gasteiger partial charge on any atom is 0.131 e. The summed E-state index contributed by atoms with van der Waals surface area (Å²) < 4.78 is 0. The Kier molecular flexibility index (Phi) is 5.33. The molecule has 4 heteroatoms. The third kappa shape index (κ3) is 3.99. The van der Waals surface area contributed by atoms with Crippen LogP contribution in [0, 0.1) is 0 Å². The average Bonchev–Trinajstić information content (AvgIpc) is 2.68. The fourth-order valence-electron chi connectivity index (χ4n) is 2.71. The summed E-state index contributed by atoms with van der Waals surface area (Å²) in [6.07, 6.45) is -0.839. The maximum atomic E-state index is 10.8. The van der Waals surface area contributed by atoms with Gasteiger partial charge in [-0.1, -0.05) is 60.7 Å². The van der Waals surface area contributed by atoms with Crippen molar-refractivity contribution in [2.45, 2.75) is 6.10 Å². The molecule has 0 heterocycles. The van der Waals surface area contributed by atoms with Crippen LogP contribution >= 0.6 is 0 Å². The van der Waals surface area contributed by atoms with Gasteiger partial charge in [0.25, 0.3) is 0 Å². The number of aromatic hydroxyl groups is 1. The lowest BCUT2D eigenvalue weighted by molar-refractivity contribution is 0.105. The number of anilines is 1. The number of phenolic OH excluding ortho intramolecular Hbond substituents is 1. The van der Waals surface area contributed by atoms with Crippen LogP contribution in [0.25, 0.3) is 22.3 Å². The van der Waals surface area contributed by atoms with Crippen LogP contribution in [0.5, 0.6) is 5.75 Å². The first-order valence-corrected chi connectivity index (χ1v) is 8.19. The predicted octanol–water partition coefficient (Wildman–Crippen LogP) is 3.49. The number of benzene rings is 3. The lowest BCUT2D eigenvalue weighted by atomic mass is 9.96. The summed E-state index contributed by atoms with van der Waals surface area (Å²) in [5.74, 6) is 0.214. The van der Waals surface area contributed by atoms with E-state index < -0.39 is 6.10 Å².